The van der Waals surface area contributed by atoms with Gasteiger partial charge in [-0.1, -0.05) is 59.8 Å². The lowest BCUT2D eigenvalue weighted by Gasteiger charge is -2.16. The molecule has 0 aliphatic rings. The van der Waals surface area contributed by atoms with Gasteiger partial charge in [0.25, 0.3) is 0 Å². The molecule has 0 N–H and O–H groups in total. The second kappa shape index (κ2) is 11.6. The van der Waals surface area contributed by atoms with Gasteiger partial charge in [0, 0.05) is 6.42 Å². The zero-order valence-corrected chi connectivity index (χ0v) is 12.8. The zero-order chi connectivity index (χ0) is 13.8. The maximum atomic E-state index is 11.5. The summed E-state index contributed by atoms with van der Waals surface area (Å²) in [5, 5.41) is 0. The molecule has 2 unspecified atom stereocenters. The van der Waals surface area contributed by atoms with Crippen molar-refractivity contribution in [3.8, 4) is 0 Å². The van der Waals surface area contributed by atoms with Crippen LogP contribution in [0.5, 0.6) is 0 Å². The van der Waals surface area contributed by atoms with Crippen LogP contribution in [0.3, 0.4) is 0 Å². The molecule has 0 heterocycles. The molecule has 2 nitrogen and oxygen atoms in total. The predicted molar refractivity (Wildman–Crippen MR) is 77.6 cm³/mol. The van der Waals surface area contributed by atoms with E-state index in [0.29, 0.717) is 18.9 Å². The molecule has 108 valence electrons. The third-order valence-electron chi connectivity index (χ3n) is 3.38. The van der Waals surface area contributed by atoms with E-state index in [0.717, 1.165) is 25.2 Å². The van der Waals surface area contributed by atoms with Gasteiger partial charge >= 0.3 is 5.97 Å². The third-order valence-corrected chi connectivity index (χ3v) is 3.38. The first-order valence-electron chi connectivity index (χ1n) is 7.75. The number of carbonyl (C=O) groups excluding carboxylic acids is 1. The van der Waals surface area contributed by atoms with Crippen LogP contribution in [0.25, 0.3) is 0 Å². The zero-order valence-electron chi connectivity index (χ0n) is 12.8. The summed E-state index contributed by atoms with van der Waals surface area (Å²) in [7, 11) is 0. The van der Waals surface area contributed by atoms with Crippen LogP contribution in [-0.2, 0) is 9.53 Å². The second-order valence-corrected chi connectivity index (χ2v) is 5.72. The first-order chi connectivity index (χ1) is 8.60. The molecule has 0 spiro atoms. The van der Waals surface area contributed by atoms with Crippen LogP contribution < -0.4 is 0 Å². The predicted octanol–water partition coefficient (Wildman–Crippen LogP) is 4.96. The molecular formula is C16H32O2. The Hall–Kier alpha value is -0.530. The summed E-state index contributed by atoms with van der Waals surface area (Å²) in [6.07, 6.45) is 9.03. The van der Waals surface area contributed by atoms with Crippen molar-refractivity contribution in [2.45, 2.75) is 79.1 Å². The summed E-state index contributed by atoms with van der Waals surface area (Å²) in [5.74, 6) is 1.17. The number of carbonyl (C=O) groups is 1. The van der Waals surface area contributed by atoms with Gasteiger partial charge in [-0.15, -0.1) is 0 Å². The average Bonchev–Trinajstić information content (AvgIpc) is 2.29. The quantitative estimate of drug-likeness (QED) is 0.385. The monoisotopic (exact) mass is 256 g/mol. The van der Waals surface area contributed by atoms with Crippen LogP contribution in [0.1, 0.15) is 79.1 Å². The van der Waals surface area contributed by atoms with Crippen molar-refractivity contribution in [1.82, 2.24) is 0 Å². The Balaban J connectivity index is 3.61. The molecule has 0 rings (SSSR count). The number of hydrogen-bond acceptors (Lipinski definition) is 2. The summed E-state index contributed by atoms with van der Waals surface area (Å²) in [5.41, 5.74) is 0. The average molecular weight is 256 g/mol. The van der Waals surface area contributed by atoms with Gasteiger partial charge in [0.05, 0.1) is 6.61 Å². The standard InChI is InChI=1S/C16H32O2/c1-5-7-9-10-14(3)12-15(4)13-16(17)18-11-8-6-2/h14-15H,5-13H2,1-4H3. The molecule has 0 aromatic carbocycles. The minimum atomic E-state index is -0.0169. The first-order valence-corrected chi connectivity index (χ1v) is 7.75. The summed E-state index contributed by atoms with van der Waals surface area (Å²) < 4.78 is 5.19. The van der Waals surface area contributed by atoms with Gasteiger partial charge in [-0.25, -0.2) is 0 Å². The lowest BCUT2D eigenvalue weighted by atomic mass is 9.91. The molecule has 0 radical (unpaired) electrons. The molecule has 0 aromatic heterocycles. The number of esters is 1. The molecule has 0 aliphatic heterocycles. The van der Waals surface area contributed by atoms with Crippen LogP contribution in [0.15, 0.2) is 0 Å². The Labute approximate surface area is 113 Å². The lowest BCUT2D eigenvalue weighted by molar-refractivity contribution is -0.144. The van der Waals surface area contributed by atoms with Crippen LogP contribution in [0.2, 0.25) is 0 Å². The van der Waals surface area contributed by atoms with Gasteiger partial charge in [0.2, 0.25) is 0 Å². The molecule has 0 fully saturated rings. The van der Waals surface area contributed by atoms with E-state index in [1.54, 1.807) is 0 Å². The van der Waals surface area contributed by atoms with Crippen molar-refractivity contribution in [3.05, 3.63) is 0 Å². The van der Waals surface area contributed by atoms with Gasteiger partial charge < -0.3 is 4.74 Å². The number of rotatable bonds is 11. The number of ether oxygens (including phenoxy) is 1. The van der Waals surface area contributed by atoms with Gasteiger partial charge in [-0.05, 0) is 24.7 Å². The van der Waals surface area contributed by atoms with E-state index in [1.165, 1.54) is 25.7 Å². The minimum absolute atomic E-state index is 0.0169. The van der Waals surface area contributed by atoms with E-state index >= 15 is 0 Å². The minimum Gasteiger partial charge on any atom is -0.466 e. The Morgan fingerprint density at radius 3 is 2.28 bits per heavy atom. The van der Waals surface area contributed by atoms with Crippen molar-refractivity contribution < 1.29 is 9.53 Å². The largest absolute Gasteiger partial charge is 0.466 e. The van der Waals surface area contributed by atoms with Crippen LogP contribution in [-0.4, -0.2) is 12.6 Å². The van der Waals surface area contributed by atoms with Crippen LogP contribution in [0, 0.1) is 11.8 Å². The molecule has 2 atom stereocenters. The Morgan fingerprint density at radius 2 is 1.67 bits per heavy atom. The van der Waals surface area contributed by atoms with Crippen molar-refractivity contribution in [3.63, 3.8) is 0 Å². The lowest BCUT2D eigenvalue weighted by Crippen LogP contribution is -2.12. The second-order valence-electron chi connectivity index (χ2n) is 5.72. The van der Waals surface area contributed by atoms with Crippen LogP contribution >= 0.6 is 0 Å². The Kier molecular flexibility index (Phi) is 11.2. The van der Waals surface area contributed by atoms with E-state index in [2.05, 4.69) is 27.7 Å². The van der Waals surface area contributed by atoms with E-state index < -0.39 is 0 Å². The molecule has 2 heteroatoms. The van der Waals surface area contributed by atoms with Crippen molar-refractivity contribution in [2.24, 2.45) is 11.8 Å². The topological polar surface area (TPSA) is 26.3 Å². The third kappa shape index (κ3) is 10.6. The van der Waals surface area contributed by atoms with E-state index in [9.17, 15) is 4.79 Å². The highest BCUT2D eigenvalue weighted by molar-refractivity contribution is 5.69. The normalized spacial score (nSPS) is 14.2. The van der Waals surface area contributed by atoms with Gasteiger partial charge in [0.15, 0.2) is 0 Å². The highest BCUT2D eigenvalue weighted by Crippen LogP contribution is 2.20. The molecule has 0 aromatic rings. The molecule has 0 aliphatic carbocycles. The summed E-state index contributed by atoms with van der Waals surface area (Å²) >= 11 is 0. The van der Waals surface area contributed by atoms with E-state index in [1.807, 2.05) is 0 Å². The SMILES string of the molecule is CCCCCC(C)CC(C)CC(=O)OCCCC. The Bertz CT molecular complexity index is 201. The molecule has 0 bridgehead atoms. The maximum Gasteiger partial charge on any atom is 0.306 e. The van der Waals surface area contributed by atoms with Gasteiger partial charge in [-0.3, -0.25) is 4.79 Å². The highest BCUT2D eigenvalue weighted by atomic mass is 16.5. The summed E-state index contributed by atoms with van der Waals surface area (Å²) in [4.78, 5) is 11.5. The van der Waals surface area contributed by atoms with Crippen molar-refractivity contribution in [2.75, 3.05) is 6.61 Å². The van der Waals surface area contributed by atoms with Crippen molar-refractivity contribution >= 4 is 5.97 Å². The summed E-state index contributed by atoms with van der Waals surface area (Å²) in [6.45, 7) is 9.40. The maximum absolute atomic E-state index is 11.5. The fourth-order valence-corrected chi connectivity index (χ4v) is 2.30. The molecule has 0 amide bonds. The van der Waals surface area contributed by atoms with Gasteiger partial charge in [-0.2, -0.15) is 0 Å². The van der Waals surface area contributed by atoms with Crippen molar-refractivity contribution in [1.29, 1.82) is 0 Å². The fourth-order valence-electron chi connectivity index (χ4n) is 2.30. The van der Waals surface area contributed by atoms with E-state index in [-0.39, 0.29) is 5.97 Å². The molecule has 0 saturated carbocycles. The smallest absolute Gasteiger partial charge is 0.306 e. The van der Waals surface area contributed by atoms with Crippen LogP contribution in [0.4, 0.5) is 0 Å². The number of hydrogen-bond donors (Lipinski definition) is 0. The molecule has 18 heavy (non-hydrogen) atoms. The molecule has 0 saturated heterocycles. The Morgan fingerprint density at radius 1 is 1.00 bits per heavy atom. The van der Waals surface area contributed by atoms with Gasteiger partial charge in [0.1, 0.15) is 0 Å². The first kappa shape index (κ1) is 17.5. The van der Waals surface area contributed by atoms with E-state index in [4.69, 9.17) is 4.74 Å². The highest BCUT2D eigenvalue weighted by Gasteiger charge is 2.13. The summed E-state index contributed by atoms with van der Waals surface area (Å²) in [6, 6.07) is 0. The fraction of sp³-hybridized carbons (Fsp3) is 0.938. The molecular weight excluding hydrogens is 224 g/mol. The number of unbranched alkanes of at least 4 members (excludes halogenated alkanes) is 3.